The monoisotopic (exact) mass is 498 g/mol. The molecule has 1 heterocycles. The van der Waals surface area contributed by atoms with Gasteiger partial charge in [0, 0.05) is 22.3 Å². The van der Waals surface area contributed by atoms with Gasteiger partial charge in [0.25, 0.3) is 0 Å². The van der Waals surface area contributed by atoms with Crippen molar-refractivity contribution in [3.8, 4) is 5.75 Å². The third-order valence-corrected chi connectivity index (χ3v) is 5.64. The molecule has 0 aliphatic carbocycles. The van der Waals surface area contributed by atoms with E-state index in [9.17, 15) is 9.59 Å². The fourth-order valence-corrected chi connectivity index (χ4v) is 4.09. The third-order valence-electron chi connectivity index (χ3n) is 4.00. The van der Waals surface area contributed by atoms with Crippen LogP contribution in [0, 0.1) is 0 Å². The summed E-state index contributed by atoms with van der Waals surface area (Å²) in [6.07, 6.45) is -0.892. The van der Waals surface area contributed by atoms with Crippen LogP contribution in [0.3, 0.4) is 0 Å². The second-order valence-corrected chi connectivity index (χ2v) is 8.51. The number of hydrogen-bond donors (Lipinski definition) is 0. The Balaban J connectivity index is 1.63. The maximum atomic E-state index is 12.3. The van der Waals surface area contributed by atoms with Crippen molar-refractivity contribution in [1.29, 1.82) is 0 Å². The lowest BCUT2D eigenvalue weighted by atomic mass is 10.3. The lowest BCUT2D eigenvalue weighted by Gasteiger charge is -2.18. The number of carbonyl (C=O) groups excluding carboxylic acids is 2. The highest BCUT2D eigenvalue weighted by Gasteiger charge is 2.21. The first-order valence-electron chi connectivity index (χ1n) is 9.03. The Morgan fingerprint density at radius 2 is 1.87 bits per heavy atom. The van der Waals surface area contributed by atoms with Gasteiger partial charge in [-0.1, -0.05) is 40.9 Å². The van der Waals surface area contributed by atoms with E-state index in [2.05, 4.69) is 4.98 Å². The number of amides is 1. The average molecular weight is 500 g/mol. The highest BCUT2D eigenvalue weighted by molar-refractivity contribution is 7.14. The van der Waals surface area contributed by atoms with Crippen LogP contribution >= 0.6 is 46.1 Å². The van der Waals surface area contributed by atoms with E-state index in [1.54, 1.807) is 48.7 Å². The van der Waals surface area contributed by atoms with Gasteiger partial charge in [0.2, 0.25) is 5.91 Å². The number of aromatic nitrogens is 1. The zero-order chi connectivity index (χ0) is 22.5. The number of rotatable bonds is 7. The Morgan fingerprint density at radius 3 is 2.55 bits per heavy atom. The van der Waals surface area contributed by atoms with Crippen LogP contribution in [0.2, 0.25) is 15.1 Å². The summed E-state index contributed by atoms with van der Waals surface area (Å²) in [6, 6.07) is 11.6. The van der Waals surface area contributed by atoms with E-state index in [1.165, 1.54) is 29.2 Å². The number of thiazole rings is 1. The SMILES string of the molecule is CC(=O)N(c1cccc(Cl)c1)c1nc(COC(=O)C(C)Oc2ccc(Cl)cc2Cl)cs1. The van der Waals surface area contributed by atoms with Gasteiger partial charge in [-0.15, -0.1) is 11.3 Å². The number of benzene rings is 2. The average Bonchev–Trinajstić information content (AvgIpc) is 3.16. The minimum absolute atomic E-state index is 0.0708. The molecule has 0 spiro atoms. The number of anilines is 2. The largest absolute Gasteiger partial charge is 0.477 e. The highest BCUT2D eigenvalue weighted by atomic mass is 35.5. The van der Waals surface area contributed by atoms with Crippen molar-refractivity contribution in [2.24, 2.45) is 0 Å². The van der Waals surface area contributed by atoms with Crippen LogP contribution in [-0.2, 0) is 20.9 Å². The van der Waals surface area contributed by atoms with Crippen molar-refractivity contribution in [2.75, 3.05) is 4.90 Å². The molecule has 0 saturated carbocycles. The van der Waals surface area contributed by atoms with Crippen LogP contribution in [-0.4, -0.2) is 23.0 Å². The summed E-state index contributed by atoms with van der Waals surface area (Å²) in [5.74, 6) is -0.481. The second-order valence-electron chi connectivity index (χ2n) is 6.40. The van der Waals surface area contributed by atoms with Crippen LogP contribution in [0.4, 0.5) is 10.8 Å². The topological polar surface area (TPSA) is 68.7 Å². The van der Waals surface area contributed by atoms with E-state index in [0.717, 1.165) is 0 Å². The number of ether oxygens (including phenoxy) is 2. The van der Waals surface area contributed by atoms with Crippen molar-refractivity contribution in [2.45, 2.75) is 26.6 Å². The van der Waals surface area contributed by atoms with E-state index >= 15 is 0 Å². The minimum atomic E-state index is -0.892. The maximum absolute atomic E-state index is 12.3. The predicted molar refractivity (Wildman–Crippen MR) is 123 cm³/mol. The second kappa shape index (κ2) is 10.3. The third kappa shape index (κ3) is 6.11. The molecule has 0 radical (unpaired) electrons. The molecule has 0 aliphatic heterocycles. The number of hydrogen-bond acceptors (Lipinski definition) is 6. The molecule has 0 fully saturated rings. The molecule has 3 rings (SSSR count). The molecule has 3 aromatic rings. The molecule has 0 saturated heterocycles. The first-order chi connectivity index (χ1) is 14.7. The van der Waals surface area contributed by atoms with E-state index < -0.39 is 12.1 Å². The molecular formula is C21H17Cl3N2O4S. The number of carbonyl (C=O) groups is 2. The van der Waals surface area contributed by atoms with Gasteiger partial charge < -0.3 is 9.47 Å². The summed E-state index contributed by atoms with van der Waals surface area (Å²) >= 11 is 19.2. The van der Waals surface area contributed by atoms with Crippen molar-refractivity contribution in [3.63, 3.8) is 0 Å². The Labute approximate surface area is 198 Å². The van der Waals surface area contributed by atoms with Crippen LogP contribution in [0.25, 0.3) is 0 Å². The Morgan fingerprint density at radius 1 is 1.13 bits per heavy atom. The minimum Gasteiger partial charge on any atom is -0.477 e. The standard InChI is InChI=1S/C21H17Cl3N2O4S/c1-12(30-19-7-6-15(23)9-18(19)24)20(28)29-10-16-11-31-21(25-16)26(13(2)27)17-5-3-4-14(22)8-17/h3-9,11-12H,10H2,1-2H3. The molecule has 6 nitrogen and oxygen atoms in total. The van der Waals surface area contributed by atoms with E-state index in [1.807, 2.05) is 0 Å². The summed E-state index contributed by atoms with van der Waals surface area (Å²) in [5.41, 5.74) is 1.10. The molecule has 31 heavy (non-hydrogen) atoms. The molecule has 1 aromatic heterocycles. The van der Waals surface area contributed by atoms with Crippen molar-refractivity contribution < 1.29 is 19.1 Å². The summed E-state index contributed by atoms with van der Waals surface area (Å²) in [4.78, 5) is 30.3. The molecule has 0 bridgehead atoms. The lowest BCUT2D eigenvalue weighted by molar-refractivity contribution is -0.152. The highest BCUT2D eigenvalue weighted by Crippen LogP contribution is 2.31. The lowest BCUT2D eigenvalue weighted by Crippen LogP contribution is -2.26. The zero-order valence-electron chi connectivity index (χ0n) is 16.5. The Bertz CT molecular complexity index is 1110. The first kappa shape index (κ1) is 23.3. The van der Waals surface area contributed by atoms with Crippen LogP contribution in [0.1, 0.15) is 19.5 Å². The molecule has 1 unspecified atom stereocenters. The first-order valence-corrected chi connectivity index (χ1v) is 11.0. The normalized spacial score (nSPS) is 11.6. The summed E-state index contributed by atoms with van der Waals surface area (Å²) in [7, 11) is 0. The van der Waals surface area contributed by atoms with Gasteiger partial charge in [-0.3, -0.25) is 9.69 Å². The quantitative estimate of drug-likeness (QED) is 0.357. The van der Waals surface area contributed by atoms with Gasteiger partial charge in [0.1, 0.15) is 12.4 Å². The Kier molecular flexibility index (Phi) is 7.78. The van der Waals surface area contributed by atoms with Crippen LogP contribution in [0.5, 0.6) is 5.75 Å². The van der Waals surface area contributed by atoms with Gasteiger partial charge in [0.15, 0.2) is 11.2 Å². The van der Waals surface area contributed by atoms with Crippen LogP contribution in [0.15, 0.2) is 47.8 Å². The van der Waals surface area contributed by atoms with E-state index in [0.29, 0.717) is 37.3 Å². The van der Waals surface area contributed by atoms with E-state index in [-0.39, 0.29) is 12.5 Å². The van der Waals surface area contributed by atoms with Crippen molar-refractivity contribution in [3.05, 3.63) is 68.6 Å². The fraction of sp³-hybridized carbons (Fsp3) is 0.190. The fourth-order valence-electron chi connectivity index (χ4n) is 2.58. The van der Waals surface area contributed by atoms with Gasteiger partial charge in [-0.05, 0) is 43.3 Å². The molecule has 0 aliphatic rings. The molecule has 1 atom stereocenters. The molecule has 10 heteroatoms. The van der Waals surface area contributed by atoms with Crippen molar-refractivity contribution >= 4 is 68.8 Å². The molecule has 0 N–H and O–H groups in total. The summed E-state index contributed by atoms with van der Waals surface area (Å²) < 4.78 is 10.8. The summed E-state index contributed by atoms with van der Waals surface area (Å²) in [6.45, 7) is 2.91. The Hall–Kier alpha value is -2.32. The molecular weight excluding hydrogens is 483 g/mol. The zero-order valence-corrected chi connectivity index (χ0v) is 19.6. The molecule has 1 amide bonds. The summed E-state index contributed by atoms with van der Waals surface area (Å²) in [5, 5.41) is 3.42. The van der Waals surface area contributed by atoms with Crippen molar-refractivity contribution in [1.82, 2.24) is 4.98 Å². The van der Waals surface area contributed by atoms with E-state index in [4.69, 9.17) is 44.3 Å². The van der Waals surface area contributed by atoms with Gasteiger partial charge >= 0.3 is 5.97 Å². The van der Waals surface area contributed by atoms with Gasteiger partial charge in [-0.2, -0.15) is 0 Å². The van der Waals surface area contributed by atoms with Gasteiger partial charge in [0.05, 0.1) is 16.4 Å². The molecule has 162 valence electrons. The number of halogens is 3. The number of esters is 1. The maximum Gasteiger partial charge on any atom is 0.347 e. The predicted octanol–water partition coefficient (Wildman–Crippen LogP) is 6.30. The van der Waals surface area contributed by atoms with Crippen LogP contribution < -0.4 is 9.64 Å². The number of nitrogens with zero attached hydrogens (tertiary/aromatic N) is 2. The smallest absolute Gasteiger partial charge is 0.347 e. The molecule has 2 aromatic carbocycles. The van der Waals surface area contributed by atoms with Gasteiger partial charge in [-0.25, -0.2) is 9.78 Å².